The Hall–Kier alpha value is -5.60. The van der Waals surface area contributed by atoms with E-state index >= 15 is 0 Å². The highest BCUT2D eigenvalue weighted by Gasteiger charge is 2.35. The van der Waals surface area contributed by atoms with Crippen LogP contribution in [0.15, 0.2) is 73.2 Å². The number of aryl methyl sites for hydroxylation is 1. The summed E-state index contributed by atoms with van der Waals surface area (Å²) in [7, 11) is 1.26. The number of aromatic nitrogens is 7. The van der Waals surface area contributed by atoms with Crippen molar-refractivity contribution < 1.29 is 37.8 Å². The molecule has 1 aromatic carbocycles. The number of fused-ring (bicyclic) bond motifs is 1. The van der Waals surface area contributed by atoms with Gasteiger partial charge >= 0.3 is 18.1 Å². The van der Waals surface area contributed by atoms with Crippen LogP contribution >= 0.6 is 0 Å². The molecule has 0 radical (unpaired) electrons. The topological polar surface area (TPSA) is 169 Å². The van der Waals surface area contributed by atoms with Gasteiger partial charge in [-0.25, -0.2) is 19.6 Å². The van der Waals surface area contributed by atoms with Gasteiger partial charge in [-0.1, -0.05) is 24.3 Å². The summed E-state index contributed by atoms with van der Waals surface area (Å²) in [6.45, 7) is 0.124. The van der Waals surface area contributed by atoms with E-state index in [0.717, 1.165) is 10.7 Å². The minimum Gasteiger partial charge on any atom is -0.478 e. The molecule has 3 aromatic rings. The Labute approximate surface area is 228 Å². The number of hydrogen-bond acceptors (Lipinski definition) is 7. The number of benzene rings is 1. The van der Waals surface area contributed by atoms with Crippen molar-refractivity contribution in [2.24, 2.45) is 7.05 Å². The average molecular weight is 567 g/mol. The van der Waals surface area contributed by atoms with Crippen molar-refractivity contribution in [3.05, 3.63) is 84.6 Å². The van der Waals surface area contributed by atoms with Crippen LogP contribution in [0.5, 0.6) is 0 Å². The molecule has 2 aromatic heterocycles. The van der Waals surface area contributed by atoms with Crippen molar-refractivity contribution in [2.75, 3.05) is 0 Å². The van der Waals surface area contributed by atoms with Crippen LogP contribution in [0.4, 0.5) is 13.2 Å². The molecule has 5 rings (SSSR count). The number of carboxylic acid groups (broad SMARTS) is 2. The molecule has 0 unspecified atom stereocenters. The summed E-state index contributed by atoms with van der Waals surface area (Å²) in [5, 5.41) is 26.0. The molecule has 0 spiro atoms. The second-order valence-corrected chi connectivity index (χ2v) is 8.45. The molecule has 41 heavy (non-hydrogen) atoms. The number of ketones is 1. The molecule has 0 bridgehead atoms. The van der Waals surface area contributed by atoms with Crippen LogP contribution in [0.25, 0.3) is 34.0 Å². The smallest absolute Gasteiger partial charge is 0.433 e. The zero-order valence-electron chi connectivity index (χ0n) is 21.1. The van der Waals surface area contributed by atoms with E-state index in [1.807, 2.05) is 0 Å². The van der Waals surface area contributed by atoms with Gasteiger partial charge in [0.2, 0.25) is 0 Å². The van der Waals surface area contributed by atoms with Gasteiger partial charge in [0.25, 0.3) is 0 Å². The van der Waals surface area contributed by atoms with Crippen molar-refractivity contribution in [3.63, 3.8) is 0 Å². The molecular weight excluding hydrogens is 547 g/mol. The van der Waals surface area contributed by atoms with Crippen LogP contribution in [0.2, 0.25) is 0 Å². The van der Waals surface area contributed by atoms with Gasteiger partial charge in [-0.15, -0.1) is 0 Å². The van der Waals surface area contributed by atoms with Crippen LogP contribution in [-0.2, 0) is 29.4 Å². The third kappa shape index (κ3) is 7.08. The quantitative estimate of drug-likeness (QED) is 0.196. The molecule has 0 saturated carbocycles. The average Bonchev–Trinajstić information content (AvgIpc) is 3.67. The number of aromatic amines is 1. The standard InChI is InChI=1S/C22H16F3N7O.C4H4O4/c1-31-20(22(23,24)25)10-17(30-31)13-2-4-14(5-3-13)21-27-15-7-9-32(11-18(15)28-21)12-19(33)16-6-8-26-29-16;5-3(6)1-2-4(7)8/h2-11H,12H2,1H3,(H,26,29);1-2H,(H,5,6)(H,7,8)/b;2-1-. The number of rotatable bonds is 7. The first-order valence-electron chi connectivity index (χ1n) is 11.6. The van der Waals surface area contributed by atoms with Crippen molar-refractivity contribution >= 4 is 17.7 Å². The molecule has 0 aliphatic carbocycles. The van der Waals surface area contributed by atoms with E-state index in [9.17, 15) is 27.6 Å². The number of pyridine rings is 1. The van der Waals surface area contributed by atoms with Gasteiger partial charge in [-0.3, -0.25) is 14.6 Å². The van der Waals surface area contributed by atoms with Crippen LogP contribution in [0.3, 0.4) is 0 Å². The molecule has 3 N–H and O–H groups in total. The SMILES string of the molecule is Cn1nc(-c2ccc(-c3nc4ccn(CC(=O)c5ccn[nH]5)cc-4n3)cc2)cc1C(F)(F)F.O=C(O)/C=C\C(=O)O. The van der Waals surface area contributed by atoms with Crippen LogP contribution in [0, 0.1) is 0 Å². The van der Waals surface area contributed by atoms with Gasteiger partial charge < -0.3 is 14.8 Å². The fourth-order valence-corrected chi connectivity index (χ4v) is 3.65. The molecule has 210 valence electrons. The van der Waals surface area contributed by atoms with Gasteiger partial charge in [-0.2, -0.15) is 23.4 Å². The van der Waals surface area contributed by atoms with Crippen molar-refractivity contribution in [3.8, 4) is 34.0 Å². The highest BCUT2D eigenvalue weighted by atomic mass is 19.4. The maximum atomic E-state index is 13.0. The van der Waals surface area contributed by atoms with E-state index in [0.29, 0.717) is 46.2 Å². The highest BCUT2D eigenvalue weighted by molar-refractivity contribution is 5.94. The third-order valence-corrected chi connectivity index (χ3v) is 5.53. The number of carbonyl (C=O) groups is 3. The van der Waals surface area contributed by atoms with Gasteiger partial charge in [0.1, 0.15) is 17.1 Å². The van der Waals surface area contributed by atoms with Crippen molar-refractivity contribution in [1.82, 2.24) is 34.5 Å². The largest absolute Gasteiger partial charge is 0.478 e. The Kier molecular flexibility index (Phi) is 8.07. The van der Waals surface area contributed by atoms with Crippen LogP contribution in [-0.4, -0.2) is 62.4 Å². The number of carbonyl (C=O) groups excluding carboxylic acids is 1. The maximum absolute atomic E-state index is 13.0. The lowest BCUT2D eigenvalue weighted by Crippen LogP contribution is -2.11. The lowest BCUT2D eigenvalue weighted by molar-refractivity contribution is -0.143. The predicted molar refractivity (Wildman–Crippen MR) is 137 cm³/mol. The van der Waals surface area contributed by atoms with E-state index < -0.39 is 23.8 Å². The molecular formula is C26H20F3N7O5. The van der Waals surface area contributed by atoms with E-state index in [-0.39, 0.29) is 18.0 Å². The number of nitrogens with one attached hydrogen (secondary N) is 1. The third-order valence-electron chi connectivity index (χ3n) is 5.53. The Morgan fingerprint density at radius 3 is 2.12 bits per heavy atom. The molecule has 2 aliphatic heterocycles. The van der Waals surface area contributed by atoms with Crippen LogP contribution in [0.1, 0.15) is 16.2 Å². The molecule has 2 aliphatic rings. The second-order valence-electron chi connectivity index (χ2n) is 8.45. The van der Waals surface area contributed by atoms with Crippen LogP contribution < -0.4 is 0 Å². The number of Topliss-reactive ketones (excluding diaryl/α,β-unsaturated/α-hetero) is 1. The van der Waals surface area contributed by atoms with E-state index in [1.165, 1.54) is 13.2 Å². The maximum Gasteiger partial charge on any atom is 0.433 e. The number of nitrogens with zero attached hydrogens (tertiary/aromatic N) is 6. The first kappa shape index (κ1) is 28.4. The Morgan fingerprint density at radius 2 is 1.56 bits per heavy atom. The van der Waals surface area contributed by atoms with Gasteiger partial charge in [0, 0.05) is 48.9 Å². The van der Waals surface area contributed by atoms with E-state index in [4.69, 9.17) is 10.2 Å². The number of alkyl halides is 3. The van der Waals surface area contributed by atoms with E-state index in [2.05, 4.69) is 25.3 Å². The normalized spacial score (nSPS) is 11.4. The molecule has 0 fully saturated rings. The summed E-state index contributed by atoms with van der Waals surface area (Å²) in [4.78, 5) is 40.4. The minimum atomic E-state index is -4.47. The summed E-state index contributed by atoms with van der Waals surface area (Å²) in [6, 6.07) is 11.2. The van der Waals surface area contributed by atoms with Gasteiger partial charge in [-0.05, 0) is 18.2 Å². The second kappa shape index (κ2) is 11.6. The summed E-state index contributed by atoms with van der Waals surface area (Å²) in [5.74, 6) is -2.15. The van der Waals surface area contributed by atoms with Gasteiger partial charge in [0.05, 0.1) is 17.9 Å². The summed E-state index contributed by atoms with van der Waals surface area (Å²) in [5.41, 5.74) is 2.39. The van der Waals surface area contributed by atoms with Crippen molar-refractivity contribution in [2.45, 2.75) is 12.7 Å². The fraction of sp³-hybridized carbons (Fsp3) is 0.115. The zero-order chi connectivity index (χ0) is 29.7. The number of H-pyrrole nitrogens is 1. The molecule has 15 heteroatoms. The van der Waals surface area contributed by atoms with E-state index in [1.54, 1.807) is 53.4 Å². The molecule has 12 nitrogen and oxygen atoms in total. The number of imidazole rings is 1. The number of hydrogen-bond donors (Lipinski definition) is 3. The Balaban J connectivity index is 0.000000426. The first-order chi connectivity index (χ1) is 19.4. The number of halogens is 3. The summed E-state index contributed by atoms with van der Waals surface area (Å²) in [6.07, 6.45) is 1.65. The highest BCUT2D eigenvalue weighted by Crippen LogP contribution is 2.32. The zero-order valence-corrected chi connectivity index (χ0v) is 21.1. The molecule has 0 amide bonds. The number of aliphatic carboxylic acids is 2. The monoisotopic (exact) mass is 567 g/mol. The summed E-state index contributed by atoms with van der Waals surface area (Å²) >= 11 is 0. The predicted octanol–water partition coefficient (Wildman–Crippen LogP) is 3.79. The fourth-order valence-electron chi connectivity index (χ4n) is 3.65. The van der Waals surface area contributed by atoms with Gasteiger partial charge in [0.15, 0.2) is 11.6 Å². The molecule has 0 atom stereocenters. The minimum absolute atomic E-state index is 0.115. The first-order valence-corrected chi connectivity index (χ1v) is 11.6. The number of carboxylic acids is 2. The lowest BCUT2D eigenvalue weighted by atomic mass is 10.1. The lowest BCUT2D eigenvalue weighted by Gasteiger charge is -2.06. The summed E-state index contributed by atoms with van der Waals surface area (Å²) < 4.78 is 41.6. The molecule has 0 saturated heterocycles. The van der Waals surface area contributed by atoms with Crippen molar-refractivity contribution in [1.29, 1.82) is 0 Å². The Morgan fingerprint density at radius 1 is 0.927 bits per heavy atom. The Bertz CT molecular complexity index is 1670. The molecule has 4 heterocycles.